The molecule has 0 saturated carbocycles. The zero-order chi connectivity index (χ0) is 15.6. The smallest absolute Gasteiger partial charge is 0.165 e. The second kappa shape index (κ2) is 6.30. The van der Waals surface area contributed by atoms with Crippen LogP contribution in [-0.2, 0) is 0 Å². The maximum atomic E-state index is 13.8. The van der Waals surface area contributed by atoms with Gasteiger partial charge in [0.15, 0.2) is 11.6 Å². The third-order valence-electron chi connectivity index (χ3n) is 4.45. The molecule has 1 atom stereocenters. The first kappa shape index (κ1) is 16.2. The Labute approximate surface area is 126 Å². The van der Waals surface area contributed by atoms with Crippen LogP contribution in [0.3, 0.4) is 0 Å². The topological polar surface area (TPSA) is 41.7 Å². The molecule has 21 heavy (non-hydrogen) atoms. The number of hydrogen-bond acceptors (Lipinski definition) is 4. The first-order valence-corrected chi connectivity index (χ1v) is 7.36. The maximum Gasteiger partial charge on any atom is 0.165 e. The van der Waals surface area contributed by atoms with Gasteiger partial charge in [-0.25, -0.2) is 4.39 Å². The van der Waals surface area contributed by atoms with Crippen molar-refractivity contribution in [3.63, 3.8) is 0 Å². The van der Waals surface area contributed by atoms with Crippen LogP contribution in [0, 0.1) is 5.82 Å². The standard InChI is InChI=1S/C16H26FN3O/c1-16(2)11-20(8-7-19(16)3)10-14(18)12-5-6-15(21-4)13(17)9-12/h5-6,9,14H,7-8,10-11,18H2,1-4H3. The van der Waals surface area contributed by atoms with Gasteiger partial charge in [0.05, 0.1) is 7.11 Å². The minimum atomic E-state index is -0.357. The molecule has 1 aromatic carbocycles. The zero-order valence-electron chi connectivity index (χ0n) is 13.4. The Kier molecular flexibility index (Phi) is 4.86. The Morgan fingerprint density at radius 1 is 1.38 bits per heavy atom. The fourth-order valence-corrected chi connectivity index (χ4v) is 2.79. The molecule has 0 radical (unpaired) electrons. The molecule has 0 spiro atoms. The molecule has 4 nitrogen and oxygen atoms in total. The number of hydrogen-bond donors (Lipinski definition) is 1. The van der Waals surface area contributed by atoms with Crippen LogP contribution in [0.25, 0.3) is 0 Å². The van der Waals surface area contributed by atoms with Crippen LogP contribution in [0.15, 0.2) is 18.2 Å². The first-order valence-electron chi connectivity index (χ1n) is 7.36. The lowest BCUT2D eigenvalue weighted by atomic mass is 9.98. The number of ether oxygens (including phenoxy) is 1. The lowest BCUT2D eigenvalue weighted by Crippen LogP contribution is -2.58. The first-order chi connectivity index (χ1) is 9.83. The van der Waals surface area contributed by atoms with Crippen LogP contribution in [0.4, 0.5) is 4.39 Å². The quantitative estimate of drug-likeness (QED) is 0.920. The second-order valence-corrected chi connectivity index (χ2v) is 6.47. The van der Waals surface area contributed by atoms with Crippen LogP contribution in [0.5, 0.6) is 5.75 Å². The summed E-state index contributed by atoms with van der Waals surface area (Å²) in [4.78, 5) is 4.72. The van der Waals surface area contributed by atoms with Crippen molar-refractivity contribution in [2.75, 3.05) is 40.3 Å². The van der Waals surface area contributed by atoms with E-state index in [0.29, 0.717) is 0 Å². The summed E-state index contributed by atoms with van der Waals surface area (Å²) in [6, 6.07) is 4.77. The SMILES string of the molecule is COc1ccc(C(N)CN2CCN(C)C(C)(C)C2)cc1F. The van der Waals surface area contributed by atoms with Crippen molar-refractivity contribution in [1.29, 1.82) is 0 Å². The molecule has 2 N–H and O–H groups in total. The number of benzene rings is 1. The molecule has 118 valence electrons. The molecule has 1 aliphatic rings. The van der Waals surface area contributed by atoms with E-state index in [0.717, 1.165) is 31.7 Å². The maximum absolute atomic E-state index is 13.8. The minimum Gasteiger partial charge on any atom is -0.494 e. The summed E-state index contributed by atoms with van der Waals surface area (Å²) in [6.07, 6.45) is 0. The highest BCUT2D eigenvalue weighted by Gasteiger charge is 2.31. The number of nitrogens with zero attached hydrogens (tertiary/aromatic N) is 2. The normalized spacial score (nSPS) is 21.2. The molecule has 0 amide bonds. The van der Waals surface area contributed by atoms with E-state index in [9.17, 15) is 4.39 Å². The molecule has 0 aliphatic carbocycles. The zero-order valence-corrected chi connectivity index (χ0v) is 13.4. The fourth-order valence-electron chi connectivity index (χ4n) is 2.79. The summed E-state index contributed by atoms with van der Waals surface area (Å²) in [6.45, 7) is 8.19. The molecule has 1 saturated heterocycles. The molecule has 1 aliphatic heterocycles. The monoisotopic (exact) mass is 295 g/mol. The highest BCUT2D eigenvalue weighted by molar-refractivity contribution is 5.31. The Bertz CT molecular complexity index is 492. The third-order valence-corrected chi connectivity index (χ3v) is 4.45. The van der Waals surface area contributed by atoms with Crippen molar-refractivity contribution >= 4 is 0 Å². The predicted molar refractivity (Wildman–Crippen MR) is 83.0 cm³/mol. The largest absolute Gasteiger partial charge is 0.494 e. The van der Waals surface area contributed by atoms with E-state index >= 15 is 0 Å². The van der Waals surface area contributed by atoms with Gasteiger partial charge in [0.25, 0.3) is 0 Å². The number of likely N-dealkylation sites (N-methyl/N-ethyl adjacent to an activating group) is 1. The van der Waals surface area contributed by atoms with Crippen LogP contribution in [0.2, 0.25) is 0 Å². The molecule has 1 unspecified atom stereocenters. The van der Waals surface area contributed by atoms with Gasteiger partial charge in [-0.2, -0.15) is 0 Å². The lowest BCUT2D eigenvalue weighted by molar-refractivity contribution is 0.0371. The van der Waals surface area contributed by atoms with E-state index in [2.05, 4.69) is 30.7 Å². The van der Waals surface area contributed by atoms with E-state index in [-0.39, 0.29) is 23.1 Å². The van der Waals surface area contributed by atoms with E-state index < -0.39 is 0 Å². The van der Waals surface area contributed by atoms with Gasteiger partial charge >= 0.3 is 0 Å². The highest BCUT2D eigenvalue weighted by Crippen LogP contribution is 2.24. The van der Waals surface area contributed by atoms with Crippen LogP contribution >= 0.6 is 0 Å². The van der Waals surface area contributed by atoms with Crippen LogP contribution in [-0.4, -0.2) is 55.7 Å². The summed E-state index contributed by atoms with van der Waals surface area (Å²) >= 11 is 0. The van der Waals surface area contributed by atoms with Gasteiger partial charge in [-0.05, 0) is 38.6 Å². The van der Waals surface area contributed by atoms with Gasteiger partial charge in [-0.1, -0.05) is 6.07 Å². The van der Waals surface area contributed by atoms with Crippen LogP contribution in [0.1, 0.15) is 25.5 Å². The van der Waals surface area contributed by atoms with Crippen molar-refractivity contribution in [3.05, 3.63) is 29.6 Å². The van der Waals surface area contributed by atoms with Crippen molar-refractivity contribution in [2.24, 2.45) is 5.73 Å². The Morgan fingerprint density at radius 2 is 2.10 bits per heavy atom. The fraction of sp³-hybridized carbons (Fsp3) is 0.625. The number of rotatable bonds is 4. The Balaban J connectivity index is 2.01. The summed E-state index contributed by atoms with van der Waals surface area (Å²) in [5, 5.41) is 0. The van der Waals surface area contributed by atoms with Gasteiger partial charge in [-0.3, -0.25) is 9.80 Å². The number of nitrogens with two attached hydrogens (primary N) is 1. The van der Waals surface area contributed by atoms with E-state index in [1.807, 2.05) is 6.07 Å². The van der Waals surface area contributed by atoms with Gasteiger partial charge < -0.3 is 10.5 Å². The van der Waals surface area contributed by atoms with Crippen molar-refractivity contribution in [2.45, 2.75) is 25.4 Å². The second-order valence-electron chi connectivity index (χ2n) is 6.47. The lowest BCUT2D eigenvalue weighted by Gasteiger charge is -2.46. The van der Waals surface area contributed by atoms with Gasteiger partial charge in [0, 0.05) is 37.8 Å². The number of piperazine rings is 1. The summed E-state index contributed by atoms with van der Waals surface area (Å²) in [5.41, 5.74) is 7.20. The Hall–Kier alpha value is -1.17. The summed E-state index contributed by atoms with van der Waals surface area (Å²) in [5.74, 6) is -0.101. The average Bonchev–Trinajstić information content (AvgIpc) is 2.42. The van der Waals surface area contributed by atoms with Crippen molar-refractivity contribution in [3.8, 4) is 5.75 Å². The predicted octanol–water partition coefficient (Wildman–Crippen LogP) is 1.86. The molecular formula is C16H26FN3O. The summed E-state index contributed by atoms with van der Waals surface area (Å²) < 4.78 is 18.7. The molecule has 1 fully saturated rings. The molecular weight excluding hydrogens is 269 g/mol. The number of methoxy groups -OCH3 is 1. The van der Waals surface area contributed by atoms with Crippen molar-refractivity contribution in [1.82, 2.24) is 9.80 Å². The average molecular weight is 295 g/mol. The molecule has 2 rings (SSSR count). The van der Waals surface area contributed by atoms with Gasteiger partial charge in [0.2, 0.25) is 0 Å². The highest BCUT2D eigenvalue weighted by atomic mass is 19.1. The van der Waals surface area contributed by atoms with Gasteiger partial charge in [-0.15, -0.1) is 0 Å². The Morgan fingerprint density at radius 3 is 2.67 bits per heavy atom. The third kappa shape index (κ3) is 3.73. The van der Waals surface area contributed by atoms with E-state index in [4.69, 9.17) is 10.5 Å². The molecule has 0 bridgehead atoms. The molecule has 0 aromatic heterocycles. The van der Waals surface area contributed by atoms with Crippen LogP contribution < -0.4 is 10.5 Å². The number of halogens is 1. The van der Waals surface area contributed by atoms with Crippen molar-refractivity contribution < 1.29 is 9.13 Å². The molecule has 1 heterocycles. The molecule has 1 aromatic rings. The van der Waals surface area contributed by atoms with Gasteiger partial charge in [0.1, 0.15) is 0 Å². The van der Waals surface area contributed by atoms with E-state index in [1.54, 1.807) is 6.07 Å². The summed E-state index contributed by atoms with van der Waals surface area (Å²) in [7, 11) is 3.61. The molecule has 5 heteroatoms. The minimum absolute atomic E-state index is 0.142. The van der Waals surface area contributed by atoms with E-state index in [1.165, 1.54) is 13.2 Å².